The molecule has 1 heterocycles. The number of anilines is 1. The van der Waals surface area contributed by atoms with Crippen molar-refractivity contribution in [2.24, 2.45) is 5.92 Å². The minimum absolute atomic E-state index is 0. The van der Waals surface area contributed by atoms with Crippen molar-refractivity contribution in [3.05, 3.63) is 58.3 Å². The molecule has 0 radical (unpaired) electrons. The Morgan fingerprint density at radius 2 is 1.74 bits per heavy atom. The van der Waals surface area contributed by atoms with Crippen LogP contribution in [0, 0.1) is 11.7 Å². The van der Waals surface area contributed by atoms with E-state index in [1.54, 1.807) is 12.1 Å². The second-order valence-corrected chi connectivity index (χ2v) is 8.44. The van der Waals surface area contributed by atoms with Gasteiger partial charge in [-0.05, 0) is 103 Å². The minimum atomic E-state index is -4.70. The Hall–Kier alpha value is -1.51. The first-order valence-corrected chi connectivity index (χ1v) is 10.8. The molecule has 1 aliphatic heterocycles. The molecule has 0 aromatic heterocycles. The first kappa shape index (κ1) is 25.7. The first-order valence-electron chi connectivity index (χ1n) is 10.0. The summed E-state index contributed by atoms with van der Waals surface area (Å²) in [6.45, 7) is 3.83. The number of rotatable bonds is 8. The lowest BCUT2D eigenvalue weighted by molar-refractivity contribution is -0.274. The third-order valence-corrected chi connectivity index (χ3v) is 5.90. The summed E-state index contributed by atoms with van der Waals surface area (Å²) >= 11 is 3.11. The van der Waals surface area contributed by atoms with Gasteiger partial charge in [0.1, 0.15) is 11.6 Å². The van der Waals surface area contributed by atoms with Gasteiger partial charge in [0.2, 0.25) is 0 Å². The average molecular weight is 526 g/mol. The van der Waals surface area contributed by atoms with E-state index in [0.29, 0.717) is 5.92 Å². The van der Waals surface area contributed by atoms with Gasteiger partial charge in [-0.3, -0.25) is 0 Å². The van der Waals surface area contributed by atoms with Crippen LogP contribution in [0.1, 0.15) is 24.8 Å². The normalized spacial score (nSPS) is 15.4. The molecule has 0 bridgehead atoms. The second-order valence-electron chi connectivity index (χ2n) is 7.59. The third kappa shape index (κ3) is 8.86. The quantitative estimate of drug-likeness (QED) is 0.308. The number of hydrogen-bond acceptors (Lipinski definition) is 3. The Bertz CT molecular complexity index is 812. The van der Waals surface area contributed by atoms with E-state index >= 15 is 0 Å². The van der Waals surface area contributed by atoms with E-state index in [4.69, 9.17) is 0 Å². The van der Waals surface area contributed by atoms with Gasteiger partial charge in [0, 0.05) is 12.2 Å². The van der Waals surface area contributed by atoms with Crippen molar-refractivity contribution in [2.45, 2.75) is 32.0 Å². The molecule has 0 aliphatic carbocycles. The maximum absolute atomic E-state index is 13.0. The SMILES string of the molecule is Cl.Fc1ccc(CC2CCN(CCCNc3ccc(OC(F)(F)F)c(Br)c3)CC2)cc1. The van der Waals surface area contributed by atoms with Gasteiger partial charge < -0.3 is 15.0 Å². The molecule has 1 fully saturated rings. The molecular formula is C22H26BrClF4N2O. The fraction of sp³-hybridized carbons (Fsp3) is 0.455. The predicted molar refractivity (Wildman–Crippen MR) is 120 cm³/mol. The van der Waals surface area contributed by atoms with E-state index in [0.717, 1.165) is 57.5 Å². The number of likely N-dealkylation sites (tertiary alicyclic amines) is 1. The van der Waals surface area contributed by atoms with E-state index in [1.165, 1.54) is 23.8 Å². The Morgan fingerprint density at radius 1 is 1.06 bits per heavy atom. The number of piperidine rings is 1. The molecule has 0 saturated carbocycles. The van der Waals surface area contributed by atoms with Crippen LogP contribution in [0.15, 0.2) is 46.9 Å². The molecule has 2 aromatic carbocycles. The molecule has 2 aromatic rings. The van der Waals surface area contributed by atoms with Crippen molar-refractivity contribution in [1.29, 1.82) is 0 Å². The van der Waals surface area contributed by atoms with Gasteiger partial charge in [-0.25, -0.2) is 4.39 Å². The number of alkyl halides is 3. The van der Waals surface area contributed by atoms with Crippen LogP contribution in [0.2, 0.25) is 0 Å². The highest BCUT2D eigenvalue weighted by Crippen LogP contribution is 2.32. The Kier molecular flexibility index (Phi) is 9.90. The highest BCUT2D eigenvalue weighted by molar-refractivity contribution is 9.10. The van der Waals surface area contributed by atoms with Crippen LogP contribution in [0.25, 0.3) is 0 Å². The van der Waals surface area contributed by atoms with Gasteiger partial charge in [0.25, 0.3) is 0 Å². The van der Waals surface area contributed by atoms with Crippen molar-refractivity contribution < 1.29 is 22.3 Å². The van der Waals surface area contributed by atoms with E-state index in [-0.39, 0.29) is 28.4 Å². The van der Waals surface area contributed by atoms with Crippen LogP contribution in [-0.4, -0.2) is 37.4 Å². The van der Waals surface area contributed by atoms with Gasteiger partial charge in [-0.1, -0.05) is 12.1 Å². The van der Waals surface area contributed by atoms with Gasteiger partial charge in [0.15, 0.2) is 0 Å². The van der Waals surface area contributed by atoms with Crippen LogP contribution in [-0.2, 0) is 6.42 Å². The second kappa shape index (κ2) is 11.9. The Morgan fingerprint density at radius 3 is 2.35 bits per heavy atom. The molecule has 1 aliphatic rings. The molecule has 31 heavy (non-hydrogen) atoms. The molecule has 1 saturated heterocycles. The molecule has 172 valence electrons. The van der Waals surface area contributed by atoms with E-state index < -0.39 is 6.36 Å². The minimum Gasteiger partial charge on any atom is -0.405 e. The number of benzene rings is 2. The maximum atomic E-state index is 13.0. The highest BCUT2D eigenvalue weighted by Gasteiger charge is 2.31. The molecule has 0 amide bonds. The molecule has 3 rings (SSSR count). The van der Waals surface area contributed by atoms with Crippen LogP contribution in [0.5, 0.6) is 5.75 Å². The van der Waals surface area contributed by atoms with Gasteiger partial charge in [-0.15, -0.1) is 25.6 Å². The zero-order chi connectivity index (χ0) is 21.6. The largest absolute Gasteiger partial charge is 0.573 e. The number of hydrogen-bond donors (Lipinski definition) is 1. The molecule has 9 heteroatoms. The number of nitrogens with zero attached hydrogens (tertiary/aromatic N) is 1. The summed E-state index contributed by atoms with van der Waals surface area (Å²) in [6.07, 6.45) is -0.486. The molecule has 0 atom stereocenters. The van der Waals surface area contributed by atoms with Crippen molar-refractivity contribution in [2.75, 3.05) is 31.5 Å². The Balaban J connectivity index is 0.00000341. The summed E-state index contributed by atoms with van der Waals surface area (Å²) in [6, 6.07) is 11.2. The van der Waals surface area contributed by atoms with Crippen LogP contribution >= 0.6 is 28.3 Å². The summed E-state index contributed by atoms with van der Waals surface area (Å²) in [5.41, 5.74) is 1.94. The zero-order valence-electron chi connectivity index (χ0n) is 16.9. The lowest BCUT2D eigenvalue weighted by Crippen LogP contribution is -2.35. The summed E-state index contributed by atoms with van der Waals surface area (Å²) in [7, 11) is 0. The molecule has 0 unspecified atom stereocenters. The smallest absolute Gasteiger partial charge is 0.405 e. The van der Waals surface area contributed by atoms with E-state index in [9.17, 15) is 17.6 Å². The standard InChI is InChI=1S/C22H25BrF4N2O.ClH/c23-20-15-19(6-7-21(20)30-22(25,26)27)28-10-1-11-29-12-8-17(9-13-29)14-16-2-4-18(24)5-3-16;/h2-7,15,17,28H,1,8-14H2;1H. The molecule has 1 N–H and O–H groups in total. The predicted octanol–water partition coefficient (Wildman–Crippen LogP) is 6.67. The van der Waals surface area contributed by atoms with Crippen molar-refractivity contribution in [3.63, 3.8) is 0 Å². The number of ether oxygens (including phenoxy) is 1. The van der Waals surface area contributed by atoms with Crippen LogP contribution in [0.4, 0.5) is 23.2 Å². The average Bonchev–Trinajstić information content (AvgIpc) is 2.69. The van der Waals surface area contributed by atoms with E-state index in [1.807, 2.05) is 12.1 Å². The maximum Gasteiger partial charge on any atom is 0.573 e. The first-order chi connectivity index (χ1) is 14.3. The fourth-order valence-electron chi connectivity index (χ4n) is 3.72. The lowest BCUT2D eigenvalue weighted by Gasteiger charge is -2.32. The molecular weight excluding hydrogens is 500 g/mol. The Labute approximate surface area is 194 Å². The van der Waals surface area contributed by atoms with Crippen molar-refractivity contribution >= 4 is 34.0 Å². The van der Waals surface area contributed by atoms with Gasteiger partial charge in [0.05, 0.1) is 4.47 Å². The van der Waals surface area contributed by atoms with Crippen molar-refractivity contribution in [3.8, 4) is 5.75 Å². The van der Waals surface area contributed by atoms with Crippen LogP contribution < -0.4 is 10.1 Å². The zero-order valence-corrected chi connectivity index (χ0v) is 19.3. The number of halogens is 6. The summed E-state index contributed by atoms with van der Waals surface area (Å²) in [4.78, 5) is 2.44. The summed E-state index contributed by atoms with van der Waals surface area (Å²) < 4.78 is 54.2. The van der Waals surface area contributed by atoms with Gasteiger partial charge >= 0.3 is 6.36 Å². The van der Waals surface area contributed by atoms with Crippen molar-refractivity contribution in [1.82, 2.24) is 4.90 Å². The highest BCUT2D eigenvalue weighted by atomic mass is 79.9. The molecule has 0 spiro atoms. The topological polar surface area (TPSA) is 24.5 Å². The third-order valence-electron chi connectivity index (χ3n) is 5.28. The van der Waals surface area contributed by atoms with Gasteiger partial charge in [-0.2, -0.15) is 0 Å². The molecule has 3 nitrogen and oxygen atoms in total. The fourth-order valence-corrected chi connectivity index (χ4v) is 4.18. The van der Waals surface area contributed by atoms with E-state index in [2.05, 4.69) is 30.9 Å². The summed E-state index contributed by atoms with van der Waals surface area (Å²) in [5, 5.41) is 3.24. The summed E-state index contributed by atoms with van der Waals surface area (Å²) in [5.74, 6) is 0.191. The lowest BCUT2D eigenvalue weighted by atomic mass is 9.90. The number of nitrogens with one attached hydrogen (secondary N) is 1. The van der Waals surface area contributed by atoms with Crippen LogP contribution in [0.3, 0.4) is 0 Å². The monoisotopic (exact) mass is 524 g/mol.